The van der Waals surface area contributed by atoms with Crippen LogP contribution < -0.4 is 4.74 Å². The van der Waals surface area contributed by atoms with Gasteiger partial charge in [-0.1, -0.05) is 36.4 Å². The van der Waals surface area contributed by atoms with Crippen molar-refractivity contribution in [2.75, 3.05) is 13.1 Å². The predicted molar refractivity (Wildman–Crippen MR) is 83.9 cm³/mol. The van der Waals surface area contributed by atoms with Crippen LogP contribution in [0, 0.1) is 0 Å². The Balaban J connectivity index is 1.62. The summed E-state index contributed by atoms with van der Waals surface area (Å²) in [7, 11) is -3.31. The summed E-state index contributed by atoms with van der Waals surface area (Å²) in [5, 5.41) is 0. The van der Waals surface area contributed by atoms with Crippen molar-refractivity contribution in [3.8, 4) is 5.88 Å². The largest absolute Gasteiger partial charge is 0.473 e. The predicted octanol–water partition coefficient (Wildman–Crippen LogP) is 2.06. The van der Waals surface area contributed by atoms with Crippen molar-refractivity contribution in [2.45, 2.75) is 18.3 Å². The molecule has 0 bridgehead atoms. The van der Waals surface area contributed by atoms with E-state index in [1.54, 1.807) is 12.3 Å². The van der Waals surface area contributed by atoms with E-state index in [-0.39, 0.29) is 11.9 Å². The molecule has 0 amide bonds. The van der Waals surface area contributed by atoms with Gasteiger partial charge in [-0.05, 0) is 18.1 Å². The molecule has 0 radical (unpaired) electrons. The third-order valence-corrected chi connectivity index (χ3v) is 5.43. The molecule has 0 aliphatic carbocycles. The number of hydrogen-bond donors (Lipinski definition) is 0. The van der Waals surface area contributed by atoms with Crippen molar-refractivity contribution in [1.82, 2.24) is 9.29 Å². The summed E-state index contributed by atoms with van der Waals surface area (Å²) < 4.78 is 32.2. The van der Waals surface area contributed by atoms with Gasteiger partial charge in [0.15, 0.2) is 0 Å². The number of rotatable bonds is 5. The lowest BCUT2D eigenvalue weighted by Gasteiger charge is -2.17. The second kappa shape index (κ2) is 6.46. The van der Waals surface area contributed by atoms with Crippen molar-refractivity contribution >= 4 is 10.0 Å². The average molecular weight is 318 g/mol. The molecular weight excluding hydrogens is 300 g/mol. The smallest absolute Gasteiger partial charge is 0.218 e. The Kier molecular flexibility index (Phi) is 4.40. The van der Waals surface area contributed by atoms with Gasteiger partial charge in [0.1, 0.15) is 6.10 Å². The molecule has 0 N–H and O–H groups in total. The van der Waals surface area contributed by atoms with Crippen molar-refractivity contribution < 1.29 is 13.2 Å². The van der Waals surface area contributed by atoms with Crippen LogP contribution in [-0.4, -0.2) is 36.9 Å². The standard InChI is InChI=1S/C16H18N2O3S/c19-22(20,13-14-6-2-1-3-7-14)18-11-9-15(12-18)21-16-8-4-5-10-17-16/h1-8,10,15H,9,11-13H2. The Morgan fingerprint density at radius 2 is 1.91 bits per heavy atom. The Morgan fingerprint density at radius 3 is 2.64 bits per heavy atom. The average Bonchev–Trinajstić information content (AvgIpc) is 2.98. The highest BCUT2D eigenvalue weighted by atomic mass is 32.2. The summed E-state index contributed by atoms with van der Waals surface area (Å²) >= 11 is 0. The van der Waals surface area contributed by atoms with Crippen LogP contribution in [0.5, 0.6) is 5.88 Å². The zero-order valence-electron chi connectivity index (χ0n) is 12.1. The molecule has 1 aliphatic heterocycles. The van der Waals surface area contributed by atoms with E-state index in [0.717, 1.165) is 5.56 Å². The van der Waals surface area contributed by atoms with Gasteiger partial charge >= 0.3 is 0 Å². The van der Waals surface area contributed by atoms with Gasteiger partial charge in [0.2, 0.25) is 15.9 Å². The molecule has 1 aromatic carbocycles. The van der Waals surface area contributed by atoms with Crippen LogP contribution in [0.25, 0.3) is 0 Å². The van der Waals surface area contributed by atoms with E-state index in [1.807, 2.05) is 42.5 Å². The molecule has 5 nitrogen and oxygen atoms in total. The highest BCUT2D eigenvalue weighted by Gasteiger charge is 2.32. The summed E-state index contributed by atoms with van der Waals surface area (Å²) in [4.78, 5) is 4.11. The van der Waals surface area contributed by atoms with Crippen LogP contribution in [0.1, 0.15) is 12.0 Å². The first-order valence-corrected chi connectivity index (χ1v) is 8.84. The molecule has 2 heterocycles. The van der Waals surface area contributed by atoms with Crippen LogP contribution in [0.3, 0.4) is 0 Å². The molecule has 1 fully saturated rings. The van der Waals surface area contributed by atoms with E-state index in [1.165, 1.54) is 4.31 Å². The third kappa shape index (κ3) is 3.64. The van der Waals surface area contributed by atoms with Gasteiger partial charge in [-0.25, -0.2) is 13.4 Å². The zero-order valence-corrected chi connectivity index (χ0v) is 12.9. The Hall–Kier alpha value is -1.92. The lowest BCUT2D eigenvalue weighted by molar-refractivity contribution is 0.207. The van der Waals surface area contributed by atoms with Crippen LogP contribution in [0.15, 0.2) is 54.7 Å². The van der Waals surface area contributed by atoms with Crippen LogP contribution in [0.2, 0.25) is 0 Å². The Labute approximate surface area is 130 Å². The number of benzene rings is 1. The fraction of sp³-hybridized carbons (Fsp3) is 0.312. The molecule has 2 aromatic rings. The van der Waals surface area contributed by atoms with E-state index in [4.69, 9.17) is 4.74 Å². The number of nitrogens with zero attached hydrogens (tertiary/aromatic N) is 2. The number of hydrogen-bond acceptors (Lipinski definition) is 4. The van der Waals surface area contributed by atoms with Gasteiger partial charge < -0.3 is 4.74 Å². The monoisotopic (exact) mass is 318 g/mol. The quantitative estimate of drug-likeness (QED) is 0.847. The minimum absolute atomic E-state index is 0.0319. The number of pyridine rings is 1. The molecule has 1 saturated heterocycles. The summed E-state index contributed by atoms with van der Waals surface area (Å²) in [6.45, 7) is 0.873. The highest BCUT2D eigenvalue weighted by Crippen LogP contribution is 2.21. The number of aromatic nitrogens is 1. The first-order chi connectivity index (χ1) is 10.6. The fourth-order valence-corrected chi connectivity index (χ4v) is 4.08. The highest BCUT2D eigenvalue weighted by molar-refractivity contribution is 7.88. The van der Waals surface area contributed by atoms with Crippen LogP contribution in [-0.2, 0) is 15.8 Å². The van der Waals surface area contributed by atoms with Gasteiger partial charge in [-0.3, -0.25) is 0 Å². The Morgan fingerprint density at radius 1 is 1.14 bits per heavy atom. The lowest BCUT2D eigenvalue weighted by atomic mass is 10.2. The Bertz CT molecular complexity index is 705. The molecular formula is C16H18N2O3S. The maximum atomic E-state index is 12.5. The summed E-state index contributed by atoms with van der Waals surface area (Å²) in [6.07, 6.45) is 2.21. The van der Waals surface area contributed by atoms with Gasteiger partial charge in [0, 0.05) is 18.8 Å². The van der Waals surface area contributed by atoms with Gasteiger partial charge in [-0.2, -0.15) is 4.31 Å². The summed E-state index contributed by atoms with van der Waals surface area (Å²) in [5.74, 6) is 0.569. The molecule has 116 valence electrons. The number of ether oxygens (including phenoxy) is 1. The van der Waals surface area contributed by atoms with E-state index in [2.05, 4.69) is 4.98 Å². The molecule has 0 saturated carbocycles. The first kappa shape index (κ1) is 15.0. The van der Waals surface area contributed by atoms with Gasteiger partial charge in [-0.15, -0.1) is 0 Å². The van der Waals surface area contributed by atoms with Crippen LogP contribution >= 0.6 is 0 Å². The van der Waals surface area contributed by atoms with Crippen molar-refractivity contribution in [3.05, 3.63) is 60.3 Å². The second-order valence-electron chi connectivity index (χ2n) is 5.30. The maximum Gasteiger partial charge on any atom is 0.218 e. The minimum Gasteiger partial charge on any atom is -0.473 e. The van der Waals surface area contributed by atoms with Gasteiger partial charge in [0.25, 0.3) is 0 Å². The molecule has 3 rings (SSSR count). The van der Waals surface area contributed by atoms with Crippen molar-refractivity contribution in [2.24, 2.45) is 0 Å². The zero-order chi connectivity index (χ0) is 15.4. The molecule has 22 heavy (non-hydrogen) atoms. The lowest BCUT2D eigenvalue weighted by Crippen LogP contribution is -2.32. The SMILES string of the molecule is O=S(=O)(Cc1ccccc1)N1CCC(Oc2ccccn2)C1. The first-order valence-electron chi connectivity index (χ1n) is 7.23. The summed E-state index contributed by atoms with van der Waals surface area (Å²) in [6, 6.07) is 14.7. The fourth-order valence-electron chi connectivity index (χ4n) is 2.51. The van der Waals surface area contributed by atoms with Gasteiger partial charge in [0.05, 0.1) is 12.3 Å². The third-order valence-electron chi connectivity index (χ3n) is 3.62. The molecule has 1 aliphatic rings. The van der Waals surface area contributed by atoms with Crippen molar-refractivity contribution in [3.63, 3.8) is 0 Å². The van der Waals surface area contributed by atoms with E-state index in [9.17, 15) is 8.42 Å². The van der Waals surface area contributed by atoms with E-state index < -0.39 is 10.0 Å². The molecule has 0 spiro atoms. The van der Waals surface area contributed by atoms with Crippen molar-refractivity contribution in [1.29, 1.82) is 0 Å². The molecule has 1 unspecified atom stereocenters. The maximum absolute atomic E-state index is 12.5. The van der Waals surface area contributed by atoms with E-state index in [0.29, 0.717) is 25.4 Å². The molecule has 6 heteroatoms. The van der Waals surface area contributed by atoms with Crippen LogP contribution in [0.4, 0.5) is 0 Å². The second-order valence-corrected chi connectivity index (χ2v) is 7.27. The van der Waals surface area contributed by atoms with E-state index >= 15 is 0 Å². The minimum atomic E-state index is -3.31. The summed E-state index contributed by atoms with van der Waals surface area (Å²) in [5.41, 5.74) is 0.802. The normalized spacial score (nSPS) is 19.2. The molecule has 1 atom stereocenters. The molecule has 1 aromatic heterocycles. The number of sulfonamides is 1. The topological polar surface area (TPSA) is 59.5 Å².